The Labute approximate surface area is 151 Å². The molecule has 0 atom stereocenters. The Hall–Kier alpha value is -1.40. The Kier molecular flexibility index (Phi) is 5.02. The maximum atomic E-state index is 12.2. The summed E-state index contributed by atoms with van der Waals surface area (Å²) in [6.07, 6.45) is 0. The molecule has 0 aliphatic rings. The van der Waals surface area contributed by atoms with Crippen LogP contribution < -0.4 is 5.32 Å². The minimum absolute atomic E-state index is 0.208. The summed E-state index contributed by atoms with van der Waals surface area (Å²) in [4.78, 5) is 19.0. The number of thiophene rings is 1. The highest BCUT2D eigenvalue weighted by Gasteiger charge is 2.12. The largest absolute Gasteiger partial charge is 0.347 e. The van der Waals surface area contributed by atoms with Gasteiger partial charge in [-0.2, -0.15) is 0 Å². The summed E-state index contributed by atoms with van der Waals surface area (Å²) in [5.74, 6) is -0.208. The number of carbonyl (C=O) groups excluding carboxylic acids is 1. The zero-order chi connectivity index (χ0) is 16.4. The van der Waals surface area contributed by atoms with E-state index < -0.39 is 0 Å². The van der Waals surface area contributed by atoms with Crippen LogP contribution in [-0.2, 0) is 6.54 Å². The summed E-state index contributed by atoms with van der Waals surface area (Å²) in [5, 5.41) is 6.77. The van der Waals surface area contributed by atoms with Gasteiger partial charge >= 0.3 is 0 Å². The lowest BCUT2D eigenvalue weighted by Gasteiger charge is -2.05. The van der Waals surface area contributed by atoms with E-state index in [9.17, 15) is 4.79 Å². The second-order valence-electron chi connectivity index (χ2n) is 4.85. The molecule has 0 aliphatic heterocycles. The van der Waals surface area contributed by atoms with Crippen molar-refractivity contribution in [3.05, 3.63) is 61.9 Å². The Morgan fingerprint density at radius 2 is 2.00 bits per heavy atom. The van der Waals surface area contributed by atoms with E-state index in [-0.39, 0.29) is 5.91 Å². The standard InChI is InChI=1S/C16H12Cl2N2OS2/c1-9-14(23-16(20-9)13-3-2-4-22-13)8-19-15(21)10-5-11(17)7-12(18)6-10/h2-7H,8H2,1H3,(H,19,21). The van der Waals surface area contributed by atoms with Gasteiger partial charge in [0.1, 0.15) is 5.01 Å². The number of thiazole rings is 1. The normalized spacial score (nSPS) is 10.7. The third kappa shape index (κ3) is 3.93. The van der Waals surface area contributed by atoms with Gasteiger partial charge in [-0.3, -0.25) is 4.79 Å². The fourth-order valence-corrected chi connectivity index (χ4v) is 4.37. The molecule has 0 aliphatic carbocycles. The number of aromatic nitrogens is 1. The van der Waals surface area contributed by atoms with Crippen LogP contribution in [0.2, 0.25) is 10.0 Å². The van der Waals surface area contributed by atoms with E-state index in [1.165, 1.54) is 0 Å². The van der Waals surface area contributed by atoms with E-state index in [0.29, 0.717) is 22.2 Å². The van der Waals surface area contributed by atoms with Crippen molar-refractivity contribution in [1.82, 2.24) is 10.3 Å². The molecule has 1 aromatic carbocycles. The number of aryl methyl sites for hydroxylation is 1. The SMILES string of the molecule is Cc1nc(-c2cccs2)sc1CNC(=O)c1cc(Cl)cc(Cl)c1. The number of halogens is 2. The molecule has 2 aromatic heterocycles. The summed E-state index contributed by atoms with van der Waals surface area (Å²) in [5.41, 5.74) is 1.38. The van der Waals surface area contributed by atoms with Gasteiger partial charge in [-0.25, -0.2) is 4.98 Å². The van der Waals surface area contributed by atoms with E-state index in [4.69, 9.17) is 23.2 Å². The topological polar surface area (TPSA) is 42.0 Å². The summed E-state index contributed by atoms with van der Waals surface area (Å²) < 4.78 is 0. The van der Waals surface area contributed by atoms with E-state index >= 15 is 0 Å². The predicted molar refractivity (Wildman–Crippen MR) is 97.8 cm³/mol. The van der Waals surface area contributed by atoms with Crippen molar-refractivity contribution >= 4 is 51.8 Å². The number of benzene rings is 1. The Balaban J connectivity index is 1.72. The molecule has 0 saturated heterocycles. The average Bonchev–Trinajstić information content (AvgIpc) is 3.13. The zero-order valence-corrected chi connectivity index (χ0v) is 15.2. The van der Waals surface area contributed by atoms with Gasteiger partial charge in [0.05, 0.1) is 17.1 Å². The minimum atomic E-state index is -0.208. The number of nitrogens with one attached hydrogen (secondary N) is 1. The highest BCUT2D eigenvalue weighted by Crippen LogP contribution is 2.31. The monoisotopic (exact) mass is 382 g/mol. The molecule has 0 radical (unpaired) electrons. The quantitative estimate of drug-likeness (QED) is 0.654. The first-order valence-electron chi connectivity index (χ1n) is 6.77. The lowest BCUT2D eigenvalue weighted by atomic mass is 10.2. The third-order valence-electron chi connectivity index (χ3n) is 3.16. The predicted octanol–water partition coefficient (Wildman–Crippen LogP) is 5.42. The van der Waals surface area contributed by atoms with Gasteiger partial charge in [-0.05, 0) is 36.6 Å². The van der Waals surface area contributed by atoms with Gasteiger partial charge in [-0.1, -0.05) is 29.3 Å². The first-order valence-corrected chi connectivity index (χ1v) is 9.22. The molecule has 2 heterocycles. The Morgan fingerprint density at radius 3 is 2.65 bits per heavy atom. The average molecular weight is 383 g/mol. The minimum Gasteiger partial charge on any atom is -0.347 e. The number of hydrogen-bond acceptors (Lipinski definition) is 4. The number of carbonyl (C=O) groups is 1. The molecule has 3 aromatic rings. The van der Waals surface area contributed by atoms with Crippen LogP contribution in [0.25, 0.3) is 9.88 Å². The molecule has 0 spiro atoms. The van der Waals surface area contributed by atoms with E-state index in [1.807, 2.05) is 24.4 Å². The Morgan fingerprint density at radius 1 is 1.26 bits per heavy atom. The van der Waals surface area contributed by atoms with Gasteiger partial charge in [-0.15, -0.1) is 22.7 Å². The molecule has 0 fully saturated rings. The Bertz CT molecular complexity index is 824. The lowest BCUT2D eigenvalue weighted by Crippen LogP contribution is -2.22. The lowest BCUT2D eigenvalue weighted by molar-refractivity contribution is 0.0951. The number of amides is 1. The van der Waals surface area contributed by atoms with E-state index in [0.717, 1.165) is 20.5 Å². The number of rotatable bonds is 4. The number of nitrogens with zero attached hydrogens (tertiary/aromatic N) is 1. The molecule has 0 saturated carbocycles. The van der Waals surface area contributed by atoms with Crippen LogP contribution in [0, 0.1) is 6.92 Å². The molecule has 1 amide bonds. The van der Waals surface area contributed by atoms with Crippen molar-refractivity contribution in [3.63, 3.8) is 0 Å². The molecule has 0 bridgehead atoms. The molecule has 3 rings (SSSR count). The van der Waals surface area contributed by atoms with Gasteiger partial charge < -0.3 is 5.32 Å². The van der Waals surface area contributed by atoms with Crippen molar-refractivity contribution in [2.45, 2.75) is 13.5 Å². The third-order valence-corrected chi connectivity index (χ3v) is 5.79. The zero-order valence-electron chi connectivity index (χ0n) is 12.1. The summed E-state index contributed by atoms with van der Waals surface area (Å²) >= 11 is 15.1. The highest BCUT2D eigenvalue weighted by atomic mass is 35.5. The molecule has 1 N–H and O–H groups in total. The first-order chi connectivity index (χ1) is 11.0. The molecule has 3 nitrogen and oxygen atoms in total. The fraction of sp³-hybridized carbons (Fsp3) is 0.125. The van der Waals surface area contributed by atoms with Crippen LogP contribution in [0.4, 0.5) is 0 Å². The number of hydrogen-bond donors (Lipinski definition) is 1. The second-order valence-corrected chi connectivity index (χ2v) is 7.75. The molecule has 23 heavy (non-hydrogen) atoms. The van der Waals surface area contributed by atoms with Crippen LogP contribution in [0.5, 0.6) is 0 Å². The van der Waals surface area contributed by atoms with Gasteiger partial charge in [0.2, 0.25) is 0 Å². The molecular weight excluding hydrogens is 371 g/mol. The van der Waals surface area contributed by atoms with Crippen molar-refractivity contribution < 1.29 is 4.79 Å². The second kappa shape index (κ2) is 7.01. The maximum absolute atomic E-state index is 12.2. The van der Waals surface area contributed by atoms with Crippen LogP contribution in [0.3, 0.4) is 0 Å². The van der Waals surface area contributed by atoms with E-state index in [1.54, 1.807) is 40.9 Å². The fourth-order valence-electron chi connectivity index (χ4n) is 2.05. The summed E-state index contributed by atoms with van der Waals surface area (Å²) in [6, 6.07) is 8.83. The van der Waals surface area contributed by atoms with Crippen LogP contribution >= 0.6 is 45.9 Å². The maximum Gasteiger partial charge on any atom is 0.251 e. The molecule has 7 heteroatoms. The van der Waals surface area contributed by atoms with Gasteiger partial charge in [0.25, 0.3) is 5.91 Å². The summed E-state index contributed by atoms with van der Waals surface area (Å²) in [6.45, 7) is 2.38. The van der Waals surface area contributed by atoms with Crippen molar-refractivity contribution in [2.24, 2.45) is 0 Å². The van der Waals surface area contributed by atoms with Crippen LogP contribution in [0.15, 0.2) is 35.7 Å². The van der Waals surface area contributed by atoms with Gasteiger partial charge in [0.15, 0.2) is 0 Å². The van der Waals surface area contributed by atoms with Crippen molar-refractivity contribution in [1.29, 1.82) is 0 Å². The first kappa shape index (κ1) is 16.5. The van der Waals surface area contributed by atoms with Crippen molar-refractivity contribution in [2.75, 3.05) is 0 Å². The molecule has 0 unspecified atom stereocenters. The van der Waals surface area contributed by atoms with Crippen LogP contribution in [-0.4, -0.2) is 10.9 Å². The van der Waals surface area contributed by atoms with Crippen molar-refractivity contribution in [3.8, 4) is 9.88 Å². The molecule has 118 valence electrons. The van der Waals surface area contributed by atoms with Gasteiger partial charge in [0, 0.05) is 20.5 Å². The van der Waals surface area contributed by atoms with E-state index in [2.05, 4.69) is 10.3 Å². The van der Waals surface area contributed by atoms with Crippen LogP contribution in [0.1, 0.15) is 20.9 Å². The molecular formula is C16H12Cl2N2OS2. The summed E-state index contributed by atoms with van der Waals surface area (Å²) in [7, 11) is 0. The smallest absolute Gasteiger partial charge is 0.251 e. The highest BCUT2D eigenvalue weighted by molar-refractivity contribution is 7.21.